The third-order valence-electron chi connectivity index (χ3n) is 8.52. The zero-order chi connectivity index (χ0) is 26.2. The number of aromatic nitrogens is 2. The molecule has 5 nitrogen and oxygen atoms in total. The van der Waals surface area contributed by atoms with Gasteiger partial charge in [-0.05, 0) is 75.3 Å². The summed E-state index contributed by atoms with van der Waals surface area (Å²) in [5.74, 6) is -0.333. The van der Waals surface area contributed by atoms with E-state index in [4.69, 9.17) is 4.98 Å². The van der Waals surface area contributed by atoms with E-state index in [2.05, 4.69) is 12.1 Å². The number of hydrogen-bond donors (Lipinski definition) is 0. The number of fused-ring (bicyclic) bond motifs is 1. The SMILES string of the molecule is Cc1nc2c(c(=O)n1C(c1ccccc1)C1CCC1)CCN(C(=O)/C=C\C1CCC(C(F)(F)F)CC1)C2. The van der Waals surface area contributed by atoms with E-state index in [0.29, 0.717) is 48.8 Å². The van der Waals surface area contributed by atoms with Crippen molar-refractivity contribution in [3.05, 3.63) is 75.5 Å². The Morgan fingerprint density at radius 2 is 1.78 bits per heavy atom. The number of aryl methyl sites for hydroxylation is 1. The lowest BCUT2D eigenvalue weighted by molar-refractivity contribution is -0.183. The first-order valence-electron chi connectivity index (χ1n) is 13.4. The summed E-state index contributed by atoms with van der Waals surface area (Å²) in [5.41, 5.74) is 2.45. The highest BCUT2D eigenvalue weighted by Crippen LogP contribution is 2.41. The number of allylic oxidation sites excluding steroid dienone is 1. The van der Waals surface area contributed by atoms with Crippen molar-refractivity contribution in [1.82, 2.24) is 14.5 Å². The topological polar surface area (TPSA) is 55.2 Å². The van der Waals surface area contributed by atoms with Gasteiger partial charge in [-0.25, -0.2) is 4.98 Å². The van der Waals surface area contributed by atoms with Crippen molar-refractivity contribution in [2.75, 3.05) is 6.54 Å². The molecule has 1 atom stereocenters. The fourth-order valence-corrected chi connectivity index (χ4v) is 6.14. The highest BCUT2D eigenvalue weighted by molar-refractivity contribution is 5.87. The van der Waals surface area contributed by atoms with Crippen LogP contribution in [0.25, 0.3) is 0 Å². The third kappa shape index (κ3) is 5.39. The lowest BCUT2D eigenvalue weighted by Gasteiger charge is -2.37. The van der Waals surface area contributed by atoms with Crippen molar-refractivity contribution in [2.24, 2.45) is 17.8 Å². The molecule has 1 aromatic heterocycles. The molecule has 2 aliphatic carbocycles. The van der Waals surface area contributed by atoms with Gasteiger partial charge in [0.15, 0.2) is 0 Å². The Bertz CT molecular complexity index is 1210. The molecule has 37 heavy (non-hydrogen) atoms. The van der Waals surface area contributed by atoms with Gasteiger partial charge < -0.3 is 4.90 Å². The molecule has 198 valence electrons. The molecule has 0 N–H and O–H groups in total. The standard InChI is InChI=1S/C29H34F3N3O2/c1-19-33-25-18-34(26(36)15-12-20-10-13-23(14-11-20)29(30,31)32)17-16-24(25)28(37)35(19)27(22-8-5-9-22)21-6-3-2-4-7-21/h2-4,6-7,12,15,20,22-23,27H,5,8-11,13-14,16-18H2,1H3/b15-12-. The maximum absolute atomic E-state index is 13.7. The lowest BCUT2D eigenvalue weighted by atomic mass is 9.77. The van der Waals surface area contributed by atoms with Crippen LogP contribution in [0.2, 0.25) is 0 Å². The van der Waals surface area contributed by atoms with Gasteiger partial charge >= 0.3 is 6.18 Å². The third-order valence-corrected chi connectivity index (χ3v) is 8.52. The summed E-state index contributed by atoms with van der Waals surface area (Å²) in [6.45, 7) is 2.57. The highest BCUT2D eigenvalue weighted by atomic mass is 19.4. The van der Waals surface area contributed by atoms with Crippen molar-refractivity contribution in [2.45, 2.75) is 77.1 Å². The van der Waals surface area contributed by atoms with Crippen LogP contribution < -0.4 is 5.56 Å². The van der Waals surface area contributed by atoms with Gasteiger partial charge in [-0.2, -0.15) is 13.2 Å². The predicted octanol–water partition coefficient (Wildman–Crippen LogP) is 5.75. The van der Waals surface area contributed by atoms with Gasteiger partial charge in [0.05, 0.1) is 24.2 Å². The highest BCUT2D eigenvalue weighted by Gasteiger charge is 2.41. The fraction of sp³-hybridized carbons (Fsp3) is 0.552. The molecular formula is C29H34F3N3O2. The fourth-order valence-electron chi connectivity index (χ4n) is 6.14. The first-order valence-corrected chi connectivity index (χ1v) is 13.4. The molecule has 5 rings (SSSR count). The number of benzene rings is 1. The Morgan fingerprint density at radius 3 is 2.41 bits per heavy atom. The average molecular weight is 514 g/mol. The van der Waals surface area contributed by atoms with Crippen LogP contribution in [0.5, 0.6) is 0 Å². The molecule has 0 saturated heterocycles. The number of carbonyl (C=O) groups excluding carboxylic acids is 1. The minimum Gasteiger partial charge on any atom is -0.333 e. The van der Waals surface area contributed by atoms with E-state index in [0.717, 1.165) is 18.4 Å². The van der Waals surface area contributed by atoms with Gasteiger partial charge in [0.1, 0.15) is 5.82 Å². The minimum absolute atomic E-state index is 0.00590. The molecule has 8 heteroatoms. The van der Waals surface area contributed by atoms with Crippen molar-refractivity contribution in [1.29, 1.82) is 0 Å². The first kappa shape index (κ1) is 25.7. The van der Waals surface area contributed by atoms with Gasteiger partial charge in [-0.15, -0.1) is 0 Å². The summed E-state index contributed by atoms with van der Waals surface area (Å²) >= 11 is 0. The van der Waals surface area contributed by atoms with Crippen molar-refractivity contribution in [3.63, 3.8) is 0 Å². The van der Waals surface area contributed by atoms with Crippen LogP contribution in [0.15, 0.2) is 47.3 Å². The molecule has 2 heterocycles. The summed E-state index contributed by atoms with van der Waals surface area (Å²) in [4.78, 5) is 33.1. The van der Waals surface area contributed by atoms with Crippen LogP contribution in [0, 0.1) is 24.7 Å². The van der Waals surface area contributed by atoms with E-state index in [-0.39, 0.29) is 42.8 Å². The van der Waals surface area contributed by atoms with E-state index in [9.17, 15) is 22.8 Å². The van der Waals surface area contributed by atoms with E-state index in [1.165, 1.54) is 12.5 Å². The van der Waals surface area contributed by atoms with Crippen molar-refractivity contribution in [3.8, 4) is 0 Å². The molecule has 3 aliphatic rings. The molecule has 0 radical (unpaired) electrons. The number of hydrogen-bond acceptors (Lipinski definition) is 3. The van der Waals surface area contributed by atoms with E-state index < -0.39 is 12.1 Å². The Hall–Kier alpha value is -2.90. The van der Waals surface area contributed by atoms with Gasteiger partial charge in [0.2, 0.25) is 5.91 Å². The van der Waals surface area contributed by atoms with E-state index >= 15 is 0 Å². The second-order valence-corrected chi connectivity index (χ2v) is 10.8. The Balaban J connectivity index is 1.30. The monoisotopic (exact) mass is 513 g/mol. The number of alkyl halides is 3. The van der Waals surface area contributed by atoms with Crippen molar-refractivity contribution >= 4 is 5.91 Å². The van der Waals surface area contributed by atoms with Gasteiger partial charge in [-0.3, -0.25) is 14.2 Å². The smallest absolute Gasteiger partial charge is 0.333 e. The maximum atomic E-state index is 13.7. The summed E-state index contributed by atoms with van der Waals surface area (Å²) in [7, 11) is 0. The van der Waals surface area contributed by atoms with Gasteiger partial charge in [0, 0.05) is 12.1 Å². The quantitative estimate of drug-likeness (QED) is 0.479. The van der Waals surface area contributed by atoms with Crippen LogP contribution in [0.1, 0.15) is 73.6 Å². The molecule has 0 spiro atoms. The predicted molar refractivity (Wildman–Crippen MR) is 135 cm³/mol. The summed E-state index contributed by atoms with van der Waals surface area (Å²) in [6, 6.07) is 10.1. The molecule has 1 amide bonds. The first-order chi connectivity index (χ1) is 17.7. The Labute approximate surface area is 215 Å². The maximum Gasteiger partial charge on any atom is 0.391 e. The van der Waals surface area contributed by atoms with Crippen LogP contribution in [0.4, 0.5) is 13.2 Å². The number of halogens is 3. The number of rotatable bonds is 5. The van der Waals surface area contributed by atoms with Crippen molar-refractivity contribution < 1.29 is 18.0 Å². The van der Waals surface area contributed by atoms with Crippen LogP contribution in [-0.4, -0.2) is 33.1 Å². The Kier molecular flexibility index (Phi) is 7.28. The summed E-state index contributed by atoms with van der Waals surface area (Å²) in [6.07, 6.45) is 4.07. The number of amides is 1. The lowest BCUT2D eigenvalue weighted by Crippen LogP contribution is -2.43. The zero-order valence-electron chi connectivity index (χ0n) is 21.2. The number of nitrogens with zero attached hydrogens (tertiary/aromatic N) is 3. The minimum atomic E-state index is -4.13. The Morgan fingerprint density at radius 1 is 1.08 bits per heavy atom. The second kappa shape index (κ2) is 10.5. The molecule has 1 unspecified atom stereocenters. The molecule has 0 bridgehead atoms. The molecule has 2 saturated carbocycles. The van der Waals surface area contributed by atoms with Crippen LogP contribution in [-0.2, 0) is 17.8 Å². The molecule has 2 fully saturated rings. The average Bonchev–Trinajstić information content (AvgIpc) is 2.85. The molecule has 2 aromatic rings. The van der Waals surface area contributed by atoms with Gasteiger partial charge in [0.25, 0.3) is 5.56 Å². The number of carbonyl (C=O) groups is 1. The van der Waals surface area contributed by atoms with E-state index in [1.54, 1.807) is 11.0 Å². The summed E-state index contributed by atoms with van der Waals surface area (Å²) in [5, 5.41) is 0. The zero-order valence-corrected chi connectivity index (χ0v) is 21.2. The van der Waals surface area contributed by atoms with Crippen LogP contribution >= 0.6 is 0 Å². The van der Waals surface area contributed by atoms with Crippen LogP contribution in [0.3, 0.4) is 0 Å². The van der Waals surface area contributed by atoms with Gasteiger partial charge in [-0.1, -0.05) is 42.8 Å². The summed E-state index contributed by atoms with van der Waals surface area (Å²) < 4.78 is 40.6. The molecule has 1 aromatic carbocycles. The molecular weight excluding hydrogens is 479 g/mol. The largest absolute Gasteiger partial charge is 0.391 e. The second-order valence-electron chi connectivity index (χ2n) is 10.8. The molecule has 1 aliphatic heterocycles. The normalized spacial score (nSPS) is 23.5. The van der Waals surface area contributed by atoms with E-state index in [1.807, 2.05) is 29.7 Å².